The fourth-order valence-electron chi connectivity index (χ4n) is 1.44. The molecule has 0 radical (unpaired) electrons. The fraction of sp³-hybridized carbons (Fsp3) is 0.364. The zero-order valence-electron chi connectivity index (χ0n) is 9.92. The summed E-state index contributed by atoms with van der Waals surface area (Å²) in [5.41, 5.74) is 1.16. The van der Waals surface area contributed by atoms with Crippen molar-refractivity contribution >= 4 is 5.82 Å². The van der Waals surface area contributed by atoms with E-state index in [1.54, 1.807) is 13.2 Å². The molecule has 0 aliphatic rings. The minimum Gasteiger partial charge on any atom is -0.481 e. The van der Waals surface area contributed by atoms with E-state index in [0.29, 0.717) is 5.88 Å². The quantitative estimate of drug-likeness (QED) is 0.837. The highest BCUT2D eigenvalue weighted by Gasteiger charge is 1.98. The minimum absolute atomic E-state index is 0.553. The van der Waals surface area contributed by atoms with Crippen molar-refractivity contribution in [3.05, 3.63) is 30.4 Å². The molecular weight excluding hydrogens is 218 g/mol. The van der Waals surface area contributed by atoms with E-state index < -0.39 is 0 Å². The molecule has 0 saturated heterocycles. The van der Waals surface area contributed by atoms with E-state index in [1.807, 2.05) is 24.0 Å². The van der Waals surface area contributed by atoms with Gasteiger partial charge < -0.3 is 10.1 Å². The smallest absolute Gasteiger partial charge is 0.218 e. The van der Waals surface area contributed by atoms with Crippen LogP contribution in [0.25, 0.3) is 0 Å². The third-order valence-electron chi connectivity index (χ3n) is 2.26. The van der Waals surface area contributed by atoms with Crippen molar-refractivity contribution in [1.29, 1.82) is 0 Å². The molecule has 1 N–H and O–H groups in total. The molecule has 17 heavy (non-hydrogen) atoms. The van der Waals surface area contributed by atoms with Gasteiger partial charge in [-0.05, 0) is 12.5 Å². The summed E-state index contributed by atoms with van der Waals surface area (Å²) in [6.07, 6.45) is 5.31. The molecule has 0 fully saturated rings. The molecule has 2 rings (SSSR count). The molecule has 0 unspecified atom stereocenters. The van der Waals surface area contributed by atoms with E-state index in [4.69, 9.17) is 4.74 Å². The van der Waals surface area contributed by atoms with Gasteiger partial charge in [0.15, 0.2) is 0 Å². The monoisotopic (exact) mass is 233 g/mol. The van der Waals surface area contributed by atoms with Crippen LogP contribution in [0.4, 0.5) is 5.82 Å². The summed E-state index contributed by atoms with van der Waals surface area (Å²) < 4.78 is 6.90. The zero-order valence-corrected chi connectivity index (χ0v) is 9.92. The van der Waals surface area contributed by atoms with Crippen LogP contribution in [-0.4, -0.2) is 33.4 Å². The van der Waals surface area contributed by atoms with E-state index in [2.05, 4.69) is 20.4 Å². The summed E-state index contributed by atoms with van der Waals surface area (Å²) in [6.45, 7) is 3.56. The van der Waals surface area contributed by atoms with Gasteiger partial charge in [0.2, 0.25) is 5.88 Å². The number of rotatable bonds is 5. The molecule has 6 heteroatoms. The summed E-state index contributed by atoms with van der Waals surface area (Å²) in [6, 6.07) is 1.76. The highest BCUT2D eigenvalue weighted by Crippen LogP contribution is 2.09. The Labute approximate surface area is 99.7 Å². The van der Waals surface area contributed by atoms with Crippen LogP contribution in [0.5, 0.6) is 5.88 Å². The Morgan fingerprint density at radius 3 is 3.00 bits per heavy atom. The summed E-state index contributed by atoms with van der Waals surface area (Å²) >= 11 is 0. The molecule has 0 aromatic carbocycles. The van der Waals surface area contributed by atoms with Gasteiger partial charge in [0.05, 0.1) is 19.9 Å². The van der Waals surface area contributed by atoms with Crippen LogP contribution >= 0.6 is 0 Å². The molecule has 2 aromatic rings. The molecule has 90 valence electrons. The van der Waals surface area contributed by atoms with Crippen molar-refractivity contribution < 1.29 is 4.74 Å². The normalized spacial score (nSPS) is 10.2. The number of ether oxygens (including phenoxy) is 1. The van der Waals surface area contributed by atoms with E-state index in [0.717, 1.165) is 24.5 Å². The Hall–Kier alpha value is -2.11. The van der Waals surface area contributed by atoms with Crippen LogP contribution < -0.4 is 10.1 Å². The maximum absolute atomic E-state index is 5.01. The SMILES string of the molecule is COc1cc(NCCn2cc(C)cn2)ncn1. The first-order valence-electron chi connectivity index (χ1n) is 5.37. The molecular formula is C11H15N5O. The Balaban J connectivity index is 1.85. The second-order valence-corrected chi connectivity index (χ2v) is 3.65. The number of hydrogen-bond acceptors (Lipinski definition) is 5. The standard InChI is InChI=1S/C11H15N5O/c1-9-6-15-16(7-9)4-3-12-10-5-11(17-2)14-8-13-10/h5-8H,3-4H2,1-2H3,(H,12,13,14). The Morgan fingerprint density at radius 1 is 1.41 bits per heavy atom. The lowest BCUT2D eigenvalue weighted by atomic mass is 10.4. The highest BCUT2D eigenvalue weighted by molar-refractivity contribution is 5.36. The number of hydrogen-bond donors (Lipinski definition) is 1. The molecule has 0 saturated carbocycles. The third kappa shape index (κ3) is 3.17. The lowest BCUT2D eigenvalue weighted by Gasteiger charge is -2.06. The van der Waals surface area contributed by atoms with Crippen molar-refractivity contribution in [2.24, 2.45) is 0 Å². The molecule has 0 aliphatic carbocycles. The average Bonchev–Trinajstić information content (AvgIpc) is 2.75. The first kappa shape index (κ1) is 11.4. The van der Waals surface area contributed by atoms with Crippen LogP contribution in [-0.2, 0) is 6.54 Å². The van der Waals surface area contributed by atoms with E-state index in [9.17, 15) is 0 Å². The van der Waals surface area contributed by atoms with E-state index in [1.165, 1.54) is 6.33 Å². The number of aryl methyl sites for hydroxylation is 1. The van der Waals surface area contributed by atoms with Gasteiger partial charge in [0, 0.05) is 18.8 Å². The van der Waals surface area contributed by atoms with Gasteiger partial charge in [0.25, 0.3) is 0 Å². The van der Waals surface area contributed by atoms with Crippen LogP contribution in [0.3, 0.4) is 0 Å². The molecule has 2 heterocycles. The number of anilines is 1. The molecule has 2 aromatic heterocycles. The second-order valence-electron chi connectivity index (χ2n) is 3.65. The highest BCUT2D eigenvalue weighted by atomic mass is 16.5. The lowest BCUT2D eigenvalue weighted by Crippen LogP contribution is -2.11. The topological polar surface area (TPSA) is 64.9 Å². The van der Waals surface area contributed by atoms with Crippen molar-refractivity contribution in [3.8, 4) is 5.88 Å². The van der Waals surface area contributed by atoms with Crippen LogP contribution in [0.15, 0.2) is 24.8 Å². The van der Waals surface area contributed by atoms with Crippen molar-refractivity contribution in [3.63, 3.8) is 0 Å². The van der Waals surface area contributed by atoms with Crippen LogP contribution in [0.1, 0.15) is 5.56 Å². The fourth-order valence-corrected chi connectivity index (χ4v) is 1.44. The summed E-state index contributed by atoms with van der Waals surface area (Å²) in [5.74, 6) is 1.30. The third-order valence-corrected chi connectivity index (χ3v) is 2.26. The van der Waals surface area contributed by atoms with Crippen LogP contribution in [0.2, 0.25) is 0 Å². The number of aromatic nitrogens is 4. The summed E-state index contributed by atoms with van der Waals surface area (Å²) in [4.78, 5) is 8.03. The maximum atomic E-state index is 5.01. The zero-order chi connectivity index (χ0) is 12.1. The molecule has 0 amide bonds. The first-order chi connectivity index (χ1) is 8.28. The summed E-state index contributed by atoms with van der Waals surface area (Å²) in [7, 11) is 1.58. The minimum atomic E-state index is 0.553. The van der Waals surface area contributed by atoms with Gasteiger partial charge in [0.1, 0.15) is 12.1 Å². The Morgan fingerprint density at radius 2 is 2.29 bits per heavy atom. The van der Waals surface area contributed by atoms with Gasteiger partial charge in [-0.3, -0.25) is 4.68 Å². The number of nitrogens with one attached hydrogen (secondary N) is 1. The second kappa shape index (κ2) is 5.29. The Kier molecular flexibility index (Phi) is 3.54. The number of nitrogens with zero attached hydrogens (tertiary/aromatic N) is 4. The van der Waals surface area contributed by atoms with Crippen molar-refractivity contribution in [1.82, 2.24) is 19.7 Å². The van der Waals surface area contributed by atoms with Crippen molar-refractivity contribution in [2.45, 2.75) is 13.5 Å². The molecule has 0 bridgehead atoms. The van der Waals surface area contributed by atoms with Gasteiger partial charge in [-0.1, -0.05) is 0 Å². The van der Waals surface area contributed by atoms with Crippen molar-refractivity contribution in [2.75, 3.05) is 19.0 Å². The maximum Gasteiger partial charge on any atom is 0.218 e. The average molecular weight is 233 g/mol. The molecule has 0 aliphatic heterocycles. The first-order valence-corrected chi connectivity index (χ1v) is 5.37. The van der Waals surface area contributed by atoms with Gasteiger partial charge >= 0.3 is 0 Å². The molecule has 0 atom stereocenters. The van der Waals surface area contributed by atoms with Gasteiger partial charge in [-0.25, -0.2) is 9.97 Å². The van der Waals surface area contributed by atoms with Gasteiger partial charge in [-0.15, -0.1) is 0 Å². The van der Waals surface area contributed by atoms with Gasteiger partial charge in [-0.2, -0.15) is 5.10 Å². The predicted molar refractivity (Wildman–Crippen MR) is 64.0 cm³/mol. The largest absolute Gasteiger partial charge is 0.481 e. The molecule has 6 nitrogen and oxygen atoms in total. The predicted octanol–water partition coefficient (Wildman–Crippen LogP) is 1.10. The summed E-state index contributed by atoms with van der Waals surface area (Å²) in [5, 5.41) is 7.39. The Bertz CT molecular complexity index is 482. The van der Waals surface area contributed by atoms with Crippen LogP contribution in [0, 0.1) is 6.92 Å². The molecule has 0 spiro atoms. The number of methoxy groups -OCH3 is 1. The van der Waals surface area contributed by atoms with E-state index >= 15 is 0 Å². The van der Waals surface area contributed by atoms with E-state index in [-0.39, 0.29) is 0 Å². The lowest BCUT2D eigenvalue weighted by molar-refractivity contribution is 0.397.